The van der Waals surface area contributed by atoms with E-state index in [0.29, 0.717) is 13.1 Å². The van der Waals surface area contributed by atoms with Crippen LogP contribution in [0.25, 0.3) is 0 Å². The van der Waals surface area contributed by atoms with Gasteiger partial charge in [0.25, 0.3) is 0 Å². The third-order valence-electron chi connectivity index (χ3n) is 1.81. The highest BCUT2D eigenvalue weighted by molar-refractivity contribution is 5.78. The molecule has 0 aliphatic carbocycles. The maximum Gasteiger partial charge on any atom is 0.234 e. The third-order valence-corrected chi connectivity index (χ3v) is 1.81. The molecule has 1 atom stereocenters. The average Bonchev–Trinajstić information content (AvgIpc) is 2.12. The predicted molar refractivity (Wildman–Crippen MR) is 60.7 cm³/mol. The van der Waals surface area contributed by atoms with E-state index in [2.05, 4.69) is 10.6 Å². The van der Waals surface area contributed by atoms with Gasteiger partial charge in [-0.2, -0.15) is 5.26 Å². The smallest absolute Gasteiger partial charge is 0.234 e. The lowest BCUT2D eigenvalue weighted by molar-refractivity contribution is -0.120. The lowest BCUT2D eigenvalue weighted by Gasteiger charge is -2.27. The standard InChI is InChI=1S/C10H20N4O2/c1-10(16,8-14(2)3)7-12-6-9(15)13-5-4-11/h12,16H,5-8H2,1-3H3,(H,13,15). The van der Waals surface area contributed by atoms with Crippen molar-refractivity contribution in [2.24, 2.45) is 0 Å². The summed E-state index contributed by atoms with van der Waals surface area (Å²) in [4.78, 5) is 13.0. The molecule has 16 heavy (non-hydrogen) atoms. The van der Waals surface area contributed by atoms with Crippen LogP contribution in [0.4, 0.5) is 0 Å². The minimum atomic E-state index is -0.876. The van der Waals surface area contributed by atoms with Crippen molar-refractivity contribution in [3.05, 3.63) is 0 Å². The Hall–Kier alpha value is -1.16. The Bertz CT molecular complexity index is 258. The molecule has 3 N–H and O–H groups in total. The molecule has 1 amide bonds. The summed E-state index contributed by atoms with van der Waals surface area (Å²) in [7, 11) is 3.74. The second-order valence-electron chi connectivity index (χ2n) is 4.27. The average molecular weight is 228 g/mol. The first-order valence-corrected chi connectivity index (χ1v) is 5.09. The van der Waals surface area contributed by atoms with Crippen LogP contribution in [-0.2, 0) is 4.79 Å². The number of amides is 1. The molecule has 0 fully saturated rings. The van der Waals surface area contributed by atoms with E-state index in [9.17, 15) is 9.90 Å². The molecule has 0 heterocycles. The van der Waals surface area contributed by atoms with Crippen LogP contribution < -0.4 is 10.6 Å². The van der Waals surface area contributed by atoms with Gasteiger partial charge in [0.1, 0.15) is 6.54 Å². The quantitative estimate of drug-likeness (QED) is 0.463. The minimum Gasteiger partial charge on any atom is -0.388 e. The van der Waals surface area contributed by atoms with Crippen molar-refractivity contribution >= 4 is 5.91 Å². The van der Waals surface area contributed by atoms with E-state index in [4.69, 9.17) is 5.26 Å². The van der Waals surface area contributed by atoms with Gasteiger partial charge in [0.2, 0.25) is 5.91 Å². The molecular weight excluding hydrogens is 208 g/mol. The molecule has 0 radical (unpaired) electrons. The van der Waals surface area contributed by atoms with E-state index in [0.717, 1.165) is 0 Å². The van der Waals surface area contributed by atoms with Crippen molar-refractivity contribution in [1.82, 2.24) is 15.5 Å². The van der Waals surface area contributed by atoms with Gasteiger partial charge in [-0.3, -0.25) is 4.79 Å². The molecule has 6 nitrogen and oxygen atoms in total. The molecule has 1 unspecified atom stereocenters. The first-order chi connectivity index (χ1) is 7.37. The highest BCUT2D eigenvalue weighted by Crippen LogP contribution is 2.01. The molecule has 0 aromatic carbocycles. The number of nitrogens with one attached hydrogen (secondary N) is 2. The Morgan fingerprint density at radius 3 is 2.69 bits per heavy atom. The molecule has 0 aliphatic rings. The Labute approximate surface area is 96.2 Å². The van der Waals surface area contributed by atoms with E-state index < -0.39 is 5.60 Å². The largest absolute Gasteiger partial charge is 0.388 e. The fourth-order valence-corrected chi connectivity index (χ4v) is 1.38. The number of carbonyl (C=O) groups excluding carboxylic acids is 1. The van der Waals surface area contributed by atoms with Gasteiger partial charge in [-0.05, 0) is 21.0 Å². The van der Waals surface area contributed by atoms with Crippen molar-refractivity contribution in [2.45, 2.75) is 12.5 Å². The molecule has 0 saturated heterocycles. The number of likely N-dealkylation sites (N-methyl/N-ethyl adjacent to an activating group) is 1. The van der Waals surface area contributed by atoms with E-state index in [1.165, 1.54) is 0 Å². The van der Waals surface area contributed by atoms with Gasteiger partial charge < -0.3 is 20.6 Å². The van der Waals surface area contributed by atoms with Gasteiger partial charge >= 0.3 is 0 Å². The van der Waals surface area contributed by atoms with Crippen LogP contribution in [0.2, 0.25) is 0 Å². The summed E-state index contributed by atoms with van der Waals surface area (Å²) in [6.45, 7) is 2.65. The molecule has 0 aromatic rings. The summed E-state index contributed by atoms with van der Waals surface area (Å²) in [5, 5.41) is 23.4. The normalized spacial score (nSPS) is 14.2. The first kappa shape index (κ1) is 14.8. The van der Waals surface area contributed by atoms with Gasteiger partial charge in [0, 0.05) is 13.1 Å². The van der Waals surface area contributed by atoms with Gasteiger partial charge in [0.05, 0.1) is 18.2 Å². The van der Waals surface area contributed by atoms with Gasteiger partial charge in [-0.1, -0.05) is 0 Å². The van der Waals surface area contributed by atoms with E-state index in [-0.39, 0.29) is 19.0 Å². The summed E-state index contributed by atoms with van der Waals surface area (Å²) < 4.78 is 0. The van der Waals surface area contributed by atoms with Crippen molar-refractivity contribution in [1.29, 1.82) is 5.26 Å². The number of rotatable bonds is 7. The van der Waals surface area contributed by atoms with Crippen LogP contribution in [0.15, 0.2) is 0 Å². The highest BCUT2D eigenvalue weighted by atomic mass is 16.3. The van der Waals surface area contributed by atoms with E-state index in [1.807, 2.05) is 25.1 Å². The third kappa shape index (κ3) is 8.17. The molecule has 6 heteroatoms. The van der Waals surface area contributed by atoms with Crippen molar-refractivity contribution in [3.63, 3.8) is 0 Å². The first-order valence-electron chi connectivity index (χ1n) is 5.09. The second-order valence-corrected chi connectivity index (χ2v) is 4.27. The van der Waals surface area contributed by atoms with Crippen molar-refractivity contribution in [2.75, 3.05) is 40.3 Å². The Morgan fingerprint density at radius 1 is 1.56 bits per heavy atom. The fraction of sp³-hybridized carbons (Fsp3) is 0.800. The van der Waals surface area contributed by atoms with E-state index in [1.54, 1.807) is 6.92 Å². The number of nitrogens with zero attached hydrogens (tertiary/aromatic N) is 2. The van der Waals surface area contributed by atoms with Crippen molar-refractivity contribution in [3.8, 4) is 6.07 Å². The maximum absolute atomic E-state index is 11.1. The van der Waals surface area contributed by atoms with Crippen molar-refractivity contribution < 1.29 is 9.90 Å². The summed E-state index contributed by atoms with van der Waals surface area (Å²) in [5.41, 5.74) is -0.876. The van der Waals surface area contributed by atoms with Gasteiger partial charge in [0.15, 0.2) is 0 Å². The molecule has 92 valence electrons. The second kappa shape index (κ2) is 7.17. The zero-order valence-electron chi connectivity index (χ0n) is 10.1. The lowest BCUT2D eigenvalue weighted by atomic mass is 10.1. The molecule has 0 saturated carbocycles. The predicted octanol–water partition coefficient (Wildman–Crippen LogP) is -1.47. The minimum absolute atomic E-state index is 0.00854. The number of carbonyl (C=O) groups is 1. The Kier molecular flexibility index (Phi) is 6.65. The monoisotopic (exact) mass is 228 g/mol. The number of hydrogen-bond acceptors (Lipinski definition) is 5. The molecule has 0 bridgehead atoms. The Morgan fingerprint density at radius 2 is 2.19 bits per heavy atom. The highest BCUT2D eigenvalue weighted by Gasteiger charge is 2.20. The lowest BCUT2D eigenvalue weighted by Crippen LogP contribution is -2.47. The number of nitriles is 1. The molecule has 0 aromatic heterocycles. The molecule has 0 spiro atoms. The van der Waals surface area contributed by atoms with Crippen LogP contribution in [0.5, 0.6) is 0 Å². The van der Waals surface area contributed by atoms with E-state index >= 15 is 0 Å². The fourth-order valence-electron chi connectivity index (χ4n) is 1.38. The summed E-state index contributed by atoms with van der Waals surface area (Å²) in [5.74, 6) is -0.248. The maximum atomic E-state index is 11.1. The van der Waals surface area contributed by atoms with Crippen LogP contribution in [0.1, 0.15) is 6.92 Å². The van der Waals surface area contributed by atoms with Crippen LogP contribution >= 0.6 is 0 Å². The summed E-state index contributed by atoms with van der Waals surface area (Å²) in [6.07, 6.45) is 0. The van der Waals surface area contributed by atoms with Crippen LogP contribution in [-0.4, -0.2) is 61.8 Å². The number of aliphatic hydroxyl groups is 1. The SMILES string of the molecule is CN(C)CC(C)(O)CNCC(=O)NCC#N. The van der Waals surface area contributed by atoms with Crippen LogP contribution in [0.3, 0.4) is 0 Å². The zero-order valence-corrected chi connectivity index (χ0v) is 10.1. The summed E-state index contributed by atoms with van der Waals surface area (Å²) >= 11 is 0. The van der Waals surface area contributed by atoms with Crippen LogP contribution in [0, 0.1) is 11.3 Å². The van der Waals surface area contributed by atoms with Gasteiger partial charge in [-0.15, -0.1) is 0 Å². The molecule has 0 rings (SSSR count). The zero-order chi connectivity index (χ0) is 12.6. The topological polar surface area (TPSA) is 88.4 Å². The Balaban J connectivity index is 3.72. The summed E-state index contributed by atoms with van der Waals surface area (Å²) in [6, 6.07) is 1.82. The molecular formula is C10H20N4O2. The molecule has 0 aliphatic heterocycles. The number of hydrogen-bond donors (Lipinski definition) is 3. The van der Waals surface area contributed by atoms with Gasteiger partial charge in [-0.25, -0.2) is 0 Å².